The van der Waals surface area contributed by atoms with Crippen LogP contribution < -0.4 is 5.62 Å². The van der Waals surface area contributed by atoms with E-state index in [1.807, 2.05) is 29.8 Å². The zero-order chi connectivity index (χ0) is 19.3. The molecule has 6 nitrogen and oxygen atoms in total. The van der Waals surface area contributed by atoms with Crippen LogP contribution >= 0.6 is 0 Å². The molecule has 0 saturated carbocycles. The van der Waals surface area contributed by atoms with E-state index in [4.69, 9.17) is 5.41 Å². The van der Waals surface area contributed by atoms with Gasteiger partial charge >= 0.3 is 0 Å². The third-order valence-corrected chi connectivity index (χ3v) is 4.92. The summed E-state index contributed by atoms with van der Waals surface area (Å²) in [5.74, 6) is -0.266. The van der Waals surface area contributed by atoms with Crippen molar-refractivity contribution in [1.82, 2.24) is 24.1 Å². The van der Waals surface area contributed by atoms with Crippen molar-refractivity contribution in [2.75, 3.05) is 0 Å². The van der Waals surface area contributed by atoms with Crippen LogP contribution in [0.5, 0.6) is 0 Å². The number of benzene rings is 2. The second kappa shape index (κ2) is 6.09. The summed E-state index contributed by atoms with van der Waals surface area (Å²) in [7, 11) is 1.84. The molecule has 0 radical (unpaired) electrons. The molecule has 0 unspecified atom stereocenters. The molecule has 28 heavy (non-hydrogen) atoms. The predicted molar refractivity (Wildman–Crippen MR) is 104 cm³/mol. The fourth-order valence-corrected chi connectivity index (χ4v) is 3.50. The monoisotopic (exact) mass is 370 g/mol. The van der Waals surface area contributed by atoms with E-state index in [-0.39, 0.29) is 5.82 Å². The first-order chi connectivity index (χ1) is 13.6. The van der Waals surface area contributed by atoms with E-state index in [0.29, 0.717) is 11.3 Å². The highest BCUT2D eigenvalue weighted by Gasteiger charge is 2.15. The Balaban J connectivity index is 1.88. The average Bonchev–Trinajstić information content (AvgIpc) is 3.00. The van der Waals surface area contributed by atoms with Crippen molar-refractivity contribution in [3.63, 3.8) is 0 Å². The highest BCUT2D eigenvalue weighted by Crippen LogP contribution is 2.29. The fourth-order valence-electron chi connectivity index (χ4n) is 3.50. The van der Waals surface area contributed by atoms with Crippen molar-refractivity contribution >= 4 is 21.9 Å². The Morgan fingerprint density at radius 1 is 0.929 bits per heavy atom. The minimum atomic E-state index is -0.266. The molecule has 2 aromatic carbocycles. The maximum absolute atomic E-state index is 13.3. The minimum absolute atomic E-state index is 0.266. The van der Waals surface area contributed by atoms with Gasteiger partial charge in [-0.25, -0.2) is 14.4 Å². The molecule has 3 aromatic heterocycles. The lowest BCUT2D eigenvalue weighted by atomic mass is 10.0. The molecule has 136 valence electrons. The van der Waals surface area contributed by atoms with Crippen LogP contribution in [-0.4, -0.2) is 24.1 Å². The van der Waals surface area contributed by atoms with Gasteiger partial charge in [-0.1, -0.05) is 18.2 Å². The van der Waals surface area contributed by atoms with Crippen LogP contribution in [-0.2, 0) is 7.05 Å². The van der Waals surface area contributed by atoms with Crippen molar-refractivity contribution < 1.29 is 4.39 Å². The lowest BCUT2D eigenvalue weighted by Gasteiger charge is -2.08. The van der Waals surface area contributed by atoms with Crippen LogP contribution in [0.4, 0.5) is 4.39 Å². The molecule has 0 aliphatic carbocycles. The van der Waals surface area contributed by atoms with E-state index in [9.17, 15) is 4.39 Å². The summed E-state index contributed by atoms with van der Waals surface area (Å²) in [5.41, 5.74) is 5.37. The molecule has 1 N–H and O–H groups in total. The van der Waals surface area contributed by atoms with Crippen molar-refractivity contribution in [3.05, 3.63) is 78.8 Å². The molecule has 0 spiro atoms. The number of hydrogen-bond donors (Lipinski definition) is 1. The highest BCUT2D eigenvalue weighted by molar-refractivity contribution is 6.04. The van der Waals surface area contributed by atoms with Gasteiger partial charge in [0.25, 0.3) is 0 Å². The SMILES string of the molecule is Cn1c(=N)n(-c2cncnc2)c2c3cc(-c4ccc(F)cc4)ccc3ncc21. The maximum Gasteiger partial charge on any atom is 0.207 e. The van der Waals surface area contributed by atoms with Gasteiger partial charge in [-0.3, -0.25) is 15.0 Å². The molecule has 5 rings (SSSR count). The van der Waals surface area contributed by atoms with Crippen molar-refractivity contribution in [3.8, 4) is 16.8 Å². The van der Waals surface area contributed by atoms with Crippen LogP contribution in [0.25, 0.3) is 38.8 Å². The number of hydrogen-bond acceptors (Lipinski definition) is 4. The molecular formula is C21H15FN6. The average molecular weight is 370 g/mol. The number of rotatable bonds is 2. The van der Waals surface area contributed by atoms with E-state index in [1.165, 1.54) is 18.5 Å². The molecule has 0 aliphatic heterocycles. The van der Waals surface area contributed by atoms with Crippen LogP contribution in [0.2, 0.25) is 0 Å². The molecule has 0 aliphatic rings. The van der Waals surface area contributed by atoms with Gasteiger partial charge in [0.2, 0.25) is 5.62 Å². The molecule has 0 amide bonds. The Hall–Kier alpha value is -3.87. The number of aromatic nitrogens is 5. The van der Waals surface area contributed by atoms with Crippen LogP contribution in [0.3, 0.4) is 0 Å². The van der Waals surface area contributed by atoms with Gasteiger partial charge in [0.1, 0.15) is 12.1 Å². The van der Waals surface area contributed by atoms with Crippen LogP contribution in [0, 0.1) is 11.2 Å². The van der Waals surface area contributed by atoms with E-state index in [2.05, 4.69) is 15.0 Å². The summed E-state index contributed by atoms with van der Waals surface area (Å²) < 4.78 is 16.9. The third-order valence-electron chi connectivity index (χ3n) is 4.92. The van der Waals surface area contributed by atoms with Gasteiger partial charge in [-0.2, -0.15) is 0 Å². The number of nitrogens with zero attached hydrogens (tertiary/aromatic N) is 5. The number of nitrogens with one attached hydrogen (secondary N) is 1. The van der Waals surface area contributed by atoms with E-state index >= 15 is 0 Å². The van der Waals surface area contributed by atoms with Crippen LogP contribution in [0.1, 0.15) is 0 Å². The molecule has 5 aromatic rings. The molecule has 3 heterocycles. The van der Waals surface area contributed by atoms with Gasteiger partial charge in [0.15, 0.2) is 0 Å². The normalized spacial score (nSPS) is 11.4. The van der Waals surface area contributed by atoms with Gasteiger partial charge in [-0.05, 0) is 35.4 Å². The Bertz CT molecular complexity index is 1380. The van der Waals surface area contributed by atoms with Crippen molar-refractivity contribution in [2.24, 2.45) is 7.05 Å². The number of pyridine rings is 1. The van der Waals surface area contributed by atoms with E-state index < -0.39 is 0 Å². The molecule has 0 bridgehead atoms. The largest absolute Gasteiger partial charge is 0.312 e. The topological polar surface area (TPSA) is 72.4 Å². The number of aryl methyl sites for hydroxylation is 1. The molecule has 0 atom stereocenters. The molecule has 0 fully saturated rings. The zero-order valence-corrected chi connectivity index (χ0v) is 15.0. The Labute approximate surface area is 159 Å². The summed E-state index contributed by atoms with van der Waals surface area (Å²) in [6.07, 6.45) is 6.60. The van der Waals surface area contributed by atoms with Gasteiger partial charge < -0.3 is 4.57 Å². The quantitative estimate of drug-likeness (QED) is 0.516. The number of fused-ring (bicyclic) bond motifs is 3. The predicted octanol–water partition coefficient (Wildman–Crippen LogP) is 3.59. The van der Waals surface area contributed by atoms with Gasteiger partial charge in [0.05, 0.1) is 40.8 Å². The van der Waals surface area contributed by atoms with Gasteiger partial charge in [-0.15, -0.1) is 0 Å². The van der Waals surface area contributed by atoms with E-state index in [1.54, 1.807) is 35.3 Å². The second-order valence-electron chi connectivity index (χ2n) is 6.55. The van der Waals surface area contributed by atoms with Crippen molar-refractivity contribution in [2.45, 2.75) is 0 Å². The Kier molecular flexibility index (Phi) is 3.55. The summed E-state index contributed by atoms with van der Waals surface area (Å²) in [5, 5.41) is 9.48. The van der Waals surface area contributed by atoms with Crippen LogP contribution in [0.15, 0.2) is 67.4 Å². The smallest absolute Gasteiger partial charge is 0.207 e. The summed E-state index contributed by atoms with van der Waals surface area (Å²) >= 11 is 0. The summed E-state index contributed by atoms with van der Waals surface area (Å²) in [4.78, 5) is 12.8. The van der Waals surface area contributed by atoms with Gasteiger partial charge in [0, 0.05) is 12.4 Å². The number of imidazole rings is 1. The molecule has 0 saturated heterocycles. The molecular weight excluding hydrogens is 355 g/mol. The highest BCUT2D eigenvalue weighted by atomic mass is 19.1. The second-order valence-corrected chi connectivity index (χ2v) is 6.55. The Morgan fingerprint density at radius 3 is 2.39 bits per heavy atom. The first kappa shape index (κ1) is 16.3. The third kappa shape index (κ3) is 2.40. The zero-order valence-electron chi connectivity index (χ0n) is 15.0. The minimum Gasteiger partial charge on any atom is -0.312 e. The van der Waals surface area contributed by atoms with Crippen molar-refractivity contribution in [1.29, 1.82) is 5.41 Å². The lowest BCUT2D eigenvalue weighted by Crippen LogP contribution is -2.21. The first-order valence-corrected chi connectivity index (χ1v) is 8.69. The number of halogens is 1. The summed E-state index contributed by atoms with van der Waals surface area (Å²) in [6, 6.07) is 12.3. The fraction of sp³-hybridized carbons (Fsp3) is 0.0476. The molecule has 7 heteroatoms. The maximum atomic E-state index is 13.3. The first-order valence-electron chi connectivity index (χ1n) is 8.69. The summed E-state index contributed by atoms with van der Waals surface area (Å²) in [6.45, 7) is 0. The Morgan fingerprint density at radius 2 is 1.64 bits per heavy atom. The standard InChI is InChI=1S/C21H15FN6/c1-27-19-11-26-18-7-4-14(13-2-5-15(22)6-3-13)8-17(18)20(19)28(21(27)23)16-9-24-12-25-10-16/h2-12,23H,1H3. The lowest BCUT2D eigenvalue weighted by molar-refractivity contribution is 0.628. The van der Waals surface area contributed by atoms with E-state index in [0.717, 1.165) is 33.1 Å².